The summed E-state index contributed by atoms with van der Waals surface area (Å²) in [6.45, 7) is 2.16. The normalized spacial score (nSPS) is 19.0. The minimum absolute atomic E-state index is 0.0773. The van der Waals surface area contributed by atoms with Crippen LogP contribution in [0.25, 0.3) is 0 Å². The van der Waals surface area contributed by atoms with Gasteiger partial charge in [-0.3, -0.25) is 19.1 Å². The first-order valence-electron chi connectivity index (χ1n) is 9.08. The van der Waals surface area contributed by atoms with E-state index in [0.29, 0.717) is 47.0 Å². The van der Waals surface area contributed by atoms with Crippen LogP contribution in [-0.2, 0) is 22.4 Å². The Kier molecular flexibility index (Phi) is 6.59. The maximum Gasteiger partial charge on any atom is 0.330 e. The van der Waals surface area contributed by atoms with E-state index in [0.717, 1.165) is 0 Å². The molecule has 2 atom stereocenters. The number of aryl methyl sites for hydroxylation is 1. The van der Waals surface area contributed by atoms with Crippen molar-refractivity contribution in [3.05, 3.63) is 66.4 Å². The number of H-pyrrole nitrogens is 1. The van der Waals surface area contributed by atoms with Crippen molar-refractivity contribution in [1.82, 2.24) is 14.9 Å². The summed E-state index contributed by atoms with van der Waals surface area (Å²) in [5.74, 6) is -0.212. The van der Waals surface area contributed by atoms with Gasteiger partial charge in [0, 0.05) is 28.4 Å². The first kappa shape index (κ1) is 20.6. The summed E-state index contributed by atoms with van der Waals surface area (Å²) in [7, 11) is 0. The van der Waals surface area contributed by atoms with Crippen LogP contribution in [0.1, 0.15) is 37.1 Å². The third-order valence-corrected chi connectivity index (χ3v) is 5.45. The topological polar surface area (TPSA) is 93.2 Å². The van der Waals surface area contributed by atoms with Crippen molar-refractivity contribution in [2.24, 2.45) is 0 Å². The van der Waals surface area contributed by atoms with Crippen LogP contribution in [0, 0.1) is 0 Å². The molecular weight excluding hydrogens is 405 g/mol. The molecule has 7 nitrogen and oxygen atoms in total. The van der Waals surface area contributed by atoms with E-state index >= 15 is 0 Å². The summed E-state index contributed by atoms with van der Waals surface area (Å²) in [6, 6.07) is 5.10. The fourth-order valence-corrected chi connectivity index (χ4v) is 3.72. The predicted octanol–water partition coefficient (Wildman–Crippen LogP) is 2.44. The number of hydrogen-bond acceptors (Lipinski definition) is 4. The lowest BCUT2D eigenvalue weighted by Crippen LogP contribution is -2.35. The number of hydrogen-bond donors (Lipinski definition) is 2. The monoisotopic (exact) mass is 425 g/mol. The first-order valence-corrected chi connectivity index (χ1v) is 9.84. The molecule has 0 spiro atoms. The van der Waals surface area contributed by atoms with E-state index in [1.54, 1.807) is 24.4 Å². The van der Waals surface area contributed by atoms with Gasteiger partial charge in [-0.15, -0.1) is 0 Å². The van der Waals surface area contributed by atoms with Crippen LogP contribution < -0.4 is 16.6 Å². The molecule has 1 aromatic carbocycles. The zero-order chi connectivity index (χ0) is 20.3. The molecule has 1 aromatic heterocycles. The molecule has 150 valence electrons. The van der Waals surface area contributed by atoms with Crippen molar-refractivity contribution in [2.45, 2.75) is 44.9 Å². The van der Waals surface area contributed by atoms with Crippen LogP contribution in [0.4, 0.5) is 0 Å². The van der Waals surface area contributed by atoms with E-state index < -0.39 is 11.9 Å². The van der Waals surface area contributed by atoms with E-state index in [4.69, 9.17) is 27.9 Å². The zero-order valence-corrected chi connectivity index (χ0v) is 16.8. The summed E-state index contributed by atoms with van der Waals surface area (Å²) in [5.41, 5.74) is 0.242. The van der Waals surface area contributed by atoms with Crippen LogP contribution in [0.3, 0.4) is 0 Å². The molecule has 2 heterocycles. The van der Waals surface area contributed by atoms with Gasteiger partial charge in [0.1, 0.15) is 6.23 Å². The van der Waals surface area contributed by atoms with Gasteiger partial charge in [-0.05, 0) is 37.0 Å². The highest BCUT2D eigenvalue weighted by atomic mass is 35.5. The molecule has 0 radical (unpaired) electrons. The summed E-state index contributed by atoms with van der Waals surface area (Å²) in [4.78, 5) is 38.3. The Labute approximate surface area is 171 Å². The standard InChI is InChI=1S/C19H21Cl2N3O4/c1-2-11-10-24(19(27)23-18(11)26)17-7-6-12(28-17)9-22-16(25)8-13-14(20)4-3-5-15(13)21/h3-5,10,12,17H,2,6-9H2,1H3,(H,22,25)(H,23,26,27)/t12-,17+/m0/s1. The maximum absolute atomic E-state index is 12.2. The van der Waals surface area contributed by atoms with Gasteiger partial charge in [0.05, 0.1) is 12.5 Å². The van der Waals surface area contributed by atoms with Gasteiger partial charge in [0.25, 0.3) is 5.56 Å². The molecule has 0 unspecified atom stereocenters. The lowest BCUT2D eigenvalue weighted by atomic mass is 10.1. The Morgan fingerprint density at radius 1 is 1.29 bits per heavy atom. The second-order valence-corrected chi connectivity index (χ2v) is 7.46. The summed E-state index contributed by atoms with van der Waals surface area (Å²) < 4.78 is 7.30. The minimum Gasteiger partial charge on any atom is -0.353 e. The van der Waals surface area contributed by atoms with Crippen LogP contribution in [0.15, 0.2) is 34.0 Å². The van der Waals surface area contributed by atoms with E-state index in [1.807, 2.05) is 6.92 Å². The fourth-order valence-electron chi connectivity index (χ4n) is 3.19. The third-order valence-electron chi connectivity index (χ3n) is 4.74. The number of nitrogens with one attached hydrogen (secondary N) is 2. The molecule has 0 aliphatic carbocycles. The number of halogens is 2. The Morgan fingerprint density at radius 3 is 2.68 bits per heavy atom. The molecule has 0 bridgehead atoms. The molecule has 0 saturated carbocycles. The SMILES string of the molecule is CCc1cn([C@H]2CC[C@@H](CNC(=O)Cc3c(Cl)cccc3Cl)O2)c(=O)[nH]c1=O. The molecule has 2 aromatic rings. The maximum atomic E-state index is 12.2. The number of nitrogens with zero attached hydrogens (tertiary/aromatic N) is 1. The van der Waals surface area contributed by atoms with Crippen molar-refractivity contribution in [3.8, 4) is 0 Å². The van der Waals surface area contributed by atoms with Crippen molar-refractivity contribution in [1.29, 1.82) is 0 Å². The fraction of sp³-hybridized carbons (Fsp3) is 0.421. The van der Waals surface area contributed by atoms with E-state index in [-0.39, 0.29) is 24.0 Å². The second kappa shape index (κ2) is 8.94. The highest BCUT2D eigenvalue weighted by Gasteiger charge is 2.28. The van der Waals surface area contributed by atoms with E-state index in [1.165, 1.54) is 4.57 Å². The van der Waals surface area contributed by atoms with Crippen LogP contribution in [-0.4, -0.2) is 28.1 Å². The number of amides is 1. The van der Waals surface area contributed by atoms with Crippen LogP contribution in [0.2, 0.25) is 10.0 Å². The van der Waals surface area contributed by atoms with Crippen LogP contribution >= 0.6 is 23.2 Å². The third kappa shape index (κ3) is 4.66. The molecule has 1 saturated heterocycles. The Morgan fingerprint density at radius 2 is 2.00 bits per heavy atom. The molecule has 3 rings (SSSR count). The van der Waals surface area contributed by atoms with E-state index in [9.17, 15) is 14.4 Å². The van der Waals surface area contributed by atoms with Crippen molar-refractivity contribution < 1.29 is 9.53 Å². The van der Waals surface area contributed by atoms with Gasteiger partial charge in [0.15, 0.2) is 0 Å². The summed E-state index contributed by atoms with van der Waals surface area (Å²) in [6.07, 6.45) is 2.76. The van der Waals surface area contributed by atoms with Crippen LogP contribution in [0.5, 0.6) is 0 Å². The van der Waals surface area contributed by atoms with Gasteiger partial charge >= 0.3 is 5.69 Å². The van der Waals surface area contributed by atoms with Crippen molar-refractivity contribution >= 4 is 29.1 Å². The molecule has 2 N–H and O–H groups in total. The molecule has 1 aliphatic heterocycles. The number of carbonyl (C=O) groups excluding carboxylic acids is 1. The Bertz CT molecular complexity index is 966. The molecule has 9 heteroatoms. The molecule has 28 heavy (non-hydrogen) atoms. The highest BCUT2D eigenvalue weighted by molar-refractivity contribution is 6.36. The molecule has 1 aliphatic rings. The first-order chi connectivity index (χ1) is 13.4. The number of carbonyl (C=O) groups is 1. The number of aromatic amines is 1. The van der Waals surface area contributed by atoms with Crippen molar-refractivity contribution in [2.75, 3.05) is 6.54 Å². The van der Waals surface area contributed by atoms with Gasteiger partial charge in [0.2, 0.25) is 5.91 Å². The molecular formula is C19H21Cl2N3O4. The lowest BCUT2D eigenvalue weighted by Gasteiger charge is -2.17. The lowest BCUT2D eigenvalue weighted by molar-refractivity contribution is -0.121. The average molecular weight is 426 g/mol. The Balaban J connectivity index is 1.57. The molecule has 1 fully saturated rings. The van der Waals surface area contributed by atoms with Gasteiger partial charge in [-0.2, -0.15) is 0 Å². The quantitative estimate of drug-likeness (QED) is 0.742. The molecule has 1 amide bonds. The number of ether oxygens (including phenoxy) is 1. The van der Waals surface area contributed by atoms with Gasteiger partial charge in [-0.1, -0.05) is 36.2 Å². The zero-order valence-electron chi connectivity index (χ0n) is 15.3. The highest BCUT2D eigenvalue weighted by Crippen LogP contribution is 2.27. The minimum atomic E-state index is -0.495. The van der Waals surface area contributed by atoms with Crippen molar-refractivity contribution in [3.63, 3.8) is 0 Å². The summed E-state index contributed by atoms with van der Waals surface area (Å²) >= 11 is 12.2. The number of rotatable bonds is 6. The van der Waals surface area contributed by atoms with Gasteiger partial charge < -0.3 is 10.1 Å². The van der Waals surface area contributed by atoms with Gasteiger partial charge in [-0.25, -0.2) is 4.79 Å². The second-order valence-electron chi connectivity index (χ2n) is 6.65. The Hall–Kier alpha value is -2.09. The summed E-state index contributed by atoms with van der Waals surface area (Å²) in [5, 5.41) is 3.72. The number of benzene rings is 1. The average Bonchev–Trinajstić information content (AvgIpc) is 3.12. The predicted molar refractivity (Wildman–Crippen MR) is 107 cm³/mol. The largest absolute Gasteiger partial charge is 0.353 e. The van der Waals surface area contributed by atoms with E-state index in [2.05, 4.69) is 10.3 Å². The number of aromatic nitrogens is 2. The smallest absolute Gasteiger partial charge is 0.330 e.